The summed E-state index contributed by atoms with van der Waals surface area (Å²) in [6.07, 6.45) is 1.55. The van der Waals surface area contributed by atoms with Crippen LogP contribution in [0.15, 0.2) is 60.8 Å². The average Bonchev–Trinajstić information content (AvgIpc) is 3.49. The number of nitriles is 1. The molecule has 0 aliphatic heterocycles. The summed E-state index contributed by atoms with van der Waals surface area (Å²) in [6, 6.07) is 20.6. The number of aromatic nitrogens is 7. The molecule has 0 fully saturated rings. The van der Waals surface area contributed by atoms with E-state index >= 15 is 0 Å². The highest BCUT2D eigenvalue weighted by Crippen LogP contribution is 2.30. The molecular weight excluding hydrogens is 402 g/mol. The van der Waals surface area contributed by atoms with Crippen LogP contribution < -0.4 is 4.90 Å². The number of nitrogens with zero attached hydrogens (tertiary/aromatic N) is 8. The number of aryl methyl sites for hydroxylation is 1. The van der Waals surface area contributed by atoms with Crippen LogP contribution >= 0.6 is 0 Å². The third kappa shape index (κ3) is 3.44. The van der Waals surface area contributed by atoms with E-state index < -0.39 is 0 Å². The summed E-state index contributed by atoms with van der Waals surface area (Å²) >= 11 is 0. The van der Waals surface area contributed by atoms with Gasteiger partial charge in [0.2, 0.25) is 0 Å². The third-order valence-corrected chi connectivity index (χ3v) is 5.30. The van der Waals surface area contributed by atoms with E-state index in [0.717, 1.165) is 33.8 Å². The Hall–Kier alpha value is -4.58. The summed E-state index contributed by atoms with van der Waals surface area (Å²) in [4.78, 5) is 6.56. The molecule has 0 atom stereocenters. The Morgan fingerprint density at radius 1 is 1.09 bits per heavy atom. The maximum atomic E-state index is 9.31. The van der Waals surface area contributed by atoms with Crippen molar-refractivity contribution in [2.24, 2.45) is 0 Å². The second-order valence-corrected chi connectivity index (χ2v) is 7.51. The van der Waals surface area contributed by atoms with E-state index in [4.69, 9.17) is 0 Å². The van der Waals surface area contributed by atoms with Gasteiger partial charge in [-0.15, -0.1) is 5.10 Å². The van der Waals surface area contributed by atoms with Gasteiger partial charge in [0.25, 0.3) is 0 Å². The van der Waals surface area contributed by atoms with Gasteiger partial charge in [0, 0.05) is 30.9 Å². The Kier molecular flexibility index (Phi) is 4.80. The van der Waals surface area contributed by atoms with E-state index in [2.05, 4.69) is 72.0 Å². The van der Waals surface area contributed by atoms with E-state index in [1.165, 1.54) is 0 Å². The van der Waals surface area contributed by atoms with E-state index in [1.807, 2.05) is 38.2 Å². The van der Waals surface area contributed by atoms with Crippen molar-refractivity contribution in [3.8, 4) is 28.6 Å². The van der Waals surface area contributed by atoms with Crippen molar-refractivity contribution in [3.05, 3.63) is 77.6 Å². The summed E-state index contributed by atoms with van der Waals surface area (Å²) in [5.41, 5.74) is 6.10. The topological polar surface area (TPSA) is 112 Å². The third-order valence-electron chi connectivity index (χ3n) is 5.30. The van der Waals surface area contributed by atoms with Crippen molar-refractivity contribution < 1.29 is 0 Å². The van der Waals surface area contributed by atoms with Crippen LogP contribution in [0.4, 0.5) is 5.82 Å². The van der Waals surface area contributed by atoms with Crippen LogP contribution in [-0.2, 0) is 6.54 Å². The number of hydrogen-bond acceptors (Lipinski definition) is 7. The molecule has 0 saturated heterocycles. The molecule has 0 spiro atoms. The van der Waals surface area contributed by atoms with Gasteiger partial charge in [-0.3, -0.25) is 0 Å². The average molecular weight is 421 g/mol. The number of nitrogens with one attached hydrogen (secondary N) is 1. The molecular formula is C23H19N9. The van der Waals surface area contributed by atoms with Gasteiger partial charge in [-0.1, -0.05) is 48.5 Å². The van der Waals surface area contributed by atoms with Gasteiger partial charge in [0.05, 0.1) is 6.20 Å². The molecule has 9 heteroatoms. The Labute approximate surface area is 184 Å². The maximum absolute atomic E-state index is 9.31. The van der Waals surface area contributed by atoms with Crippen molar-refractivity contribution in [1.82, 2.24) is 35.2 Å². The number of tetrazole rings is 1. The molecule has 3 aromatic heterocycles. The van der Waals surface area contributed by atoms with E-state index in [-0.39, 0.29) is 0 Å². The number of rotatable bonds is 5. The summed E-state index contributed by atoms with van der Waals surface area (Å²) in [6.45, 7) is 2.59. The lowest BCUT2D eigenvalue weighted by molar-refractivity contribution is 0.828. The van der Waals surface area contributed by atoms with Crippen LogP contribution in [0.2, 0.25) is 0 Å². The van der Waals surface area contributed by atoms with Crippen molar-refractivity contribution in [1.29, 1.82) is 5.26 Å². The second kappa shape index (κ2) is 7.92. The van der Waals surface area contributed by atoms with E-state index in [9.17, 15) is 5.26 Å². The zero-order valence-corrected chi connectivity index (χ0v) is 17.6. The standard InChI is InChI=1S/C23H19N9/c1-15-11-21(32-23(26-15)18(12-24)13-25-32)31(2)14-16-7-9-17(10-8-16)19-5-3-4-6-20(19)22-27-29-30-28-22/h3-11,13H,14H2,1-2H3,(H,27,28,29,30). The van der Waals surface area contributed by atoms with Gasteiger partial charge in [-0.2, -0.15) is 14.9 Å². The first-order chi connectivity index (χ1) is 15.6. The van der Waals surface area contributed by atoms with Crippen LogP contribution in [0.1, 0.15) is 16.8 Å². The largest absolute Gasteiger partial charge is 0.355 e. The quantitative estimate of drug-likeness (QED) is 0.463. The molecule has 0 bridgehead atoms. The molecule has 9 nitrogen and oxygen atoms in total. The van der Waals surface area contributed by atoms with Gasteiger partial charge in [0.15, 0.2) is 11.5 Å². The lowest BCUT2D eigenvalue weighted by Crippen LogP contribution is -2.20. The zero-order valence-electron chi connectivity index (χ0n) is 17.6. The summed E-state index contributed by atoms with van der Waals surface area (Å²) in [5.74, 6) is 1.51. The highest BCUT2D eigenvalue weighted by atomic mass is 15.5. The van der Waals surface area contributed by atoms with Crippen LogP contribution in [0.5, 0.6) is 0 Å². The molecule has 0 radical (unpaired) electrons. The van der Waals surface area contributed by atoms with E-state index in [1.54, 1.807) is 10.7 Å². The summed E-state index contributed by atoms with van der Waals surface area (Å²) in [7, 11) is 2.00. The Bertz CT molecular complexity index is 1430. The number of H-pyrrole nitrogens is 1. The minimum absolute atomic E-state index is 0.466. The lowest BCUT2D eigenvalue weighted by Gasteiger charge is -2.21. The van der Waals surface area contributed by atoms with Crippen molar-refractivity contribution in [3.63, 3.8) is 0 Å². The fourth-order valence-electron chi connectivity index (χ4n) is 3.77. The molecule has 0 aliphatic rings. The molecule has 3 heterocycles. The first-order valence-electron chi connectivity index (χ1n) is 10.0. The molecule has 0 unspecified atom stereocenters. The second-order valence-electron chi connectivity index (χ2n) is 7.51. The maximum Gasteiger partial charge on any atom is 0.180 e. The van der Waals surface area contributed by atoms with Crippen LogP contribution in [0, 0.1) is 18.3 Å². The Balaban J connectivity index is 1.43. The van der Waals surface area contributed by atoms with Crippen LogP contribution in [0.3, 0.4) is 0 Å². The monoisotopic (exact) mass is 421 g/mol. The van der Waals surface area contributed by atoms with Gasteiger partial charge >= 0.3 is 0 Å². The molecule has 1 N–H and O–H groups in total. The van der Waals surface area contributed by atoms with Crippen LogP contribution in [0.25, 0.3) is 28.2 Å². The fraction of sp³-hybridized carbons (Fsp3) is 0.130. The number of aromatic amines is 1. The molecule has 156 valence electrons. The highest BCUT2D eigenvalue weighted by molar-refractivity contribution is 5.80. The molecule has 0 amide bonds. The van der Waals surface area contributed by atoms with Gasteiger partial charge in [0.1, 0.15) is 17.5 Å². The smallest absolute Gasteiger partial charge is 0.180 e. The Morgan fingerprint density at radius 2 is 1.88 bits per heavy atom. The van der Waals surface area contributed by atoms with Gasteiger partial charge < -0.3 is 4.90 Å². The molecule has 5 rings (SSSR count). The zero-order chi connectivity index (χ0) is 22.1. The molecule has 32 heavy (non-hydrogen) atoms. The molecule has 0 saturated carbocycles. The number of benzene rings is 2. The first-order valence-corrected chi connectivity index (χ1v) is 10.0. The Morgan fingerprint density at radius 3 is 2.59 bits per heavy atom. The molecule has 5 aromatic rings. The van der Waals surface area contributed by atoms with E-state index in [0.29, 0.717) is 23.6 Å². The predicted octanol–water partition coefficient (Wildman–Crippen LogP) is 3.39. The SMILES string of the molecule is Cc1cc(N(C)Cc2ccc(-c3ccccc3-c3nnn[nH]3)cc2)n2ncc(C#N)c2n1. The predicted molar refractivity (Wildman–Crippen MR) is 120 cm³/mol. The first kappa shape index (κ1) is 19.4. The minimum atomic E-state index is 0.466. The van der Waals surface area contributed by atoms with Crippen molar-refractivity contribution in [2.75, 3.05) is 11.9 Å². The highest BCUT2D eigenvalue weighted by Gasteiger charge is 2.14. The molecule has 0 aliphatic carbocycles. The van der Waals surface area contributed by atoms with Gasteiger partial charge in [-0.05, 0) is 34.0 Å². The normalized spacial score (nSPS) is 10.9. The number of hydrogen-bond donors (Lipinski definition) is 1. The van der Waals surface area contributed by atoms with Crippen molar-refractivity contribution in [2.45, 2.75) is 13.5 Å². The van der Waals surface area contributed by atoms with Gasteiger partial charge in [-0.25, -0.2) is 10.1 Å². The number of fused-ring (bicyclic) bond motifs is 1. The van der Waals surface area contributed by atoms with Crippen molar-refractivity contribution >= 4 is 11.5 Å². The summed E-state index contributed by atoms with van der Waals surface area (Å²) < 4.78 is 1.71. The fourth-order valence-corrected chi connectivity index (χ4v) is 3.77. The number of anilines is 1. The summed E-state index contributed by atoms with van der Waals surface area (Å²) in [5, 5.41) is 27.9. The van der Waals surface area contributed by atoms with Crippen LogP contribution in [-0.4, -0.2) is 42.3 Å². The molecule has 2 aromatic carbocycles. The lowest BCUT2D eigenvalue weighted by atomic mass is 9.98. The minimum Gasteiger partial charge on any atom is -0.355 e.